The van der Waals surface area contributed by atoms with Crippen molar-refractivity contribution in [2.24, 2.45) is 5.92 Å². The monoisotopic (exact) mass is 196 g/mol. The largest absolute Gasteiger partial charge is 0.339 e. The van der Waals surface area contributed by atoms with E-state index in [1.807, 2.05) is 30.0 Å². The smallest absolute Gasteiger partial charge is 0.246 e. The SMILES string of the molecule is C[C@@H]1CCN(C(=O)/C=C/CN(C)C)C1. The van der Waals surface area contributed by atoms with E-state index in [9.17, 15) is 4.79 Å². The first kappa shape index (κ1) is 11.2. The topological polar surface area (TPSA) is 23.6 Å². The van der Waals surface area contributed by atoms with Gasteiger partial charge in [-0.15, -0.1) is 0 Å². The van der Waals surface area contributed by atoms with E-state index in [1.54, 1.807) is 6.08 Å². The molecule has 3 heteroatoms. The Balaban J connectivity index is 2.31. The van der Waals surface area contributed by atoms with Gasteiger partial charge in [-0.05, 0) is 26.4 Å². The van der Waals surface area contributed by atoms with Crippen LogP contribution in [0.5, 0.6) is 0 Å². The minimum atomic E-state index is 0.163. The van der Waals surface area contributed by atoms with E-state index in [1.165, 1.54) is 0 Å². The molecule has 0 aromatic rings. The van der Waals surface area contributed by atoms with Crippen LogP contribution >= 0.6 is 0 Å². The third-order valence-electron chi connectivity index (χ3n) is 2.47. The van der Waals surface area contributed by atoms with Gasteiger partial charge in [0.25, 0.3) is 0 Å². The fourth-order valence-electron chi connectivity index (χ4n) is 1.60. The maximum Gasteiger partial charge on any atom is 0.246 e. The fraction of sp³-hybridized carbons (Fsp3) is 0.727. The van der Waals surface area contributed by atoms with Crippen LogP contribution in [-0.4, -0.2) is 49.4 Å². The van der Waals surface area contributed by atoms with Crippen molar-refractivity contribution < 1.29 is 4.79 Å². The molecule has 1 aliphatic heterocycles. The molecule has 14 heavy (non-hydrogen) atoms. The molecule has 1 saturated heterocycles. The van der Waals surface area contributed by atoms with Crippen LogP contribution < -0.4 is 0 Å². The maximum atomic E-state index is 11.6. The summed E-state index contributed by atoms with van der Waals surface area (Å²) in [6, 6.07) is 0. The summed E-state index contributed by atoms with van der Waals surface area (Å²) in [5.74, 6) is 0.831. The zero-order chi connectivity index (χ0) is 10.6. The van der Waals surface area contributed by atoms with Crippen LogP contribution in [0, 0.1) is 5.92 Å². The van der Waals surface area contributed by atoms with Crippen molar-refractivity contribution in [2.75, 3.05) is 33.7 Å². The molecule has 0 unspecified atom stereocenters. The Morgan fingerprint density at radius 2 is 2.29 bits per heavy atom. The summed E-state index contributed by atoms with van der Waals surface area (Å²) in [6.45, 7) is 4.86. The lowest BCUT2D eigenvalue weighted by atomic mass is 10.2. The van der Waals surface area contributed by atoms with Crippen molar-refractivity contribution in [3.05, 3.63) is 12.2 Å². The Bertz CT molecular complexity index is 223. The number of amides is 1. The average Bonchev–Trinajstić information content (AvgIpc) is 2.51. The molecule has 3 nitrogen and oxygen atoms in total. The van der Waals surface area contributed by atoms with E-state index in [0.717, 1.165) is 26.1 Å². The molecule has 0 spiro atoms. The minimum absolute atomic E-state index is 0.163. The predicted octanol–water partition coefficient (Wildman–Crippen LogP) is 0.973. The van der Waals surface area contributed by atoms with Crippen LogP contribution in [0.1, 0.15) is 13.3 Å². The highest BCUT2D eigenvalue weighted by Gasteiger charge is 2.21. The van der Waals surface area contributed by atoms with E-state index < -0.39 is 0 Å². The van der Waals surface area contributed by atoms with Crippen LogP contribution in [0.3, 0.4) is 0 Å². The van der Waals surface area contributed by atoms with Gasteiger partial charge >= 0.3 is 0 Å². The zero-order valence-corrected chi connectivity index (χ0v) is 9.36. The zero-order valence-electron chi connectivity index (χ0n) is 9.36. The first-order chi connectivity index (χ1) is 6.59. The van der Waals surface area contributed by atoms with Gasteiger partial charge in [-0.1, -0.05) is 13.0 Å². The minimum Gasteiger partial charge on any atom is -0.339 e. The van der Waals surface area contributed by atoms with E-state index in [0.29, 0.717) is 5.92 Å². The van der Waals surface area contributed by atoms with Crippen LogP contribution in [0.15, 0.2) is 12.2 Å². The second-order valence-corrected chi connectivity index (χ2v) is 4.34. The Morgan fingerprint density at radius 1 is 1.57 bits per heavy atom. The van der Waals surface area contributed by atoms with Crippen molar-refractivity contribution in [3.8, 4) is 0 Å². The number of carbonyl (C=O) groups excluding carboxylic acids is 1. The molecule has 0 saturated carbocycles. The Labute approximate surface area is 86.4 Å². The van der Waals surface area contributed by atoms with Crippen molar-refractivity contribution in [1.82, 2.24) is 9.80 Å². The quantitative estimate of drug-likeness (QED) is 0.628. The van der Waals surface area contributed by atoms with E-state index >= 15 is 0 Å². The summed E-state index contributed by atoms with van der Waals surface area (Å²) in [4.78, 5) is 15.6. The number of carbonyl (C=O) groups is 1. The second-order valence-electron chi connectivity index (χ2n) is 4.34. The number of likely N-dealkylation sites (tertiary alicyclic amines) is 1. The van der Waals surface area contributed by atoms with Gasteiger partial charge in [-0.25, -0.2) is 0 Å². The number of hydrogen-bond acceptors (Lipinski definition) is 2. The van der Waals surface area contributed by atoms with Gasteiger partial charge in [-0.2, -0.15) is 0 Å². The van der Waals surface area contributed by atoms with Crippen LogP contribution in [0.2, 0.25) is 0 Å². The normalized spacial score (nSPS) is 22.6. The highest BCUT2D eigenvalue weighted by Crippen LogP contribution is 2.14. The molecule has 1 atom stereocenters. The van der Waals surface area contributed by atoms with Crippen molar-refractivity contribution in [1.29, 1.82) is 0 Å². The molecule has 0 N–H and O–H groups in total. The number of rotatable bonds is 3. The van der Waals surface area contributed by atoms with Crippen molar-refractivity contribution in [3.63, 3.8) is 0 Å². The molecule has 0 radical (unpaired) electrons. The van der Waals surface area contributed by atoms with Crippen LogP contribution in [0.4, 0.5) is 0 Å². The van der Waals surface area contributed by atoms with E-state index in [2.05, 4.69) is 6.92 Å². The first-order valence-electron chi connectivity index (χ1n) is 5.19. The Kier molecular flexibility index (Phi) is 4.14. The summed E-state index contributed by atoms with van der Waals surface area (Å²) < 4.78 is 0. The van der Waals surface area contributed by atoms with Crippen LogP contribution in [0.25, 0.3) is 0 Å². The third-order valence-corrected chi connectivity index (χ3v) is 2.47. The molecular formula is C11H20N2O. The van der Waals surface area contributed by atoms with E-state index in [4.69, 9.17) is 0 Å². The van der Waals surface area contributed by atoms with Gasteiger partial charge in [0.05, 0.1) is 0 Å². The molecule has 1 amide bonds. The standard InChI is InChI=1S/C11H20N2O/c1-10-6-8-13(9-10)11(14)5-4-7-12(2)3/h4-5,10H,6-9H2,1-3H3/b5-4+/t10-/m1/s1. The van der Waals surface area contributed by atoms with Gasteiger partial charge in [0.15, 0.2) is 0 Å². The second kappa shape index (κ2) is 5.15. The third kappa shape index (κ3) is 3.50. The van der Waals surface area contributed by atoms with Gasteiger partial charge in [0.1, 0.15) is 0 Å². The summed E-state index contributed by atoms with van der Waals surface area (Å²) in [5, 5.41) is 0. The van der Waals surface area contributed by atoms with Gasteiger partial charge in [0.2, 0.25) is 5.91 Å². The molecule has 1 fully saturated rings. The number of likely N-dealkylation sites (N-methyl/N-ethyl adjacent to an activating group) is 1. The lowest BCUT2D eigenvalue weighted by Gasteiger charge is -2.13. The molecule has 0 bridgehead atoms. The summed E-state index contributed by atoms with van der Waals surface area (Å²) >= 11 is 0. The molecule has 0 aliphatic carbocycles. The predicted molar refractivity (Wildman–Crippen MR) is 58.1 cm³/mol. The van der Waals surface area contributed by atoms with Crippen LogP contribution in [-0.2, 0) is 4.79 Å². The molecule has 1 aliphatic rings. The summed E-state index contributed by atoms with van der Waals surface area (Å²) in [6.07, 6.45) is 4.76. The molecule has 80 valence electrons. The summed E-state index contributed by atoms with van der Waals surface area (Å²) in [7, 11) is 3.99. The lowest BCUT2D eigenvalue weighted by molar-refractivity contribution is -0.125. The van der Waals surface area contributed by atoms with E-state index in [-0.39, 0.29) is 5.91 Å². The first-order valence-corrected chi connectivity index (χ1v) is 5.19. The maximum absolute atomic E-state index is 11.6. The van der Waals surface area contributed by atoms with Gasteiger partial charge in [-0.3, -0.25) is 4.79 Å². The summed E-state index contributed by atoms with van der Waals surface area (Å²) in [5.41, 5.74) is 0. The molecule has 0 aromatic carbocycles. The number of nitrogens with zero attached hydrogens (tertiary/aromatic N) is 2. The Morgan fingerprint density at radius 3 is 2.79 bits per heavy atom. The lowest BCUT2D eigenvalue weighted by Crippen LogP contribution is -2.26. The fourth-order valence-corrected chi connectivity index (χ4v) is 1.60. The van der Waals surface area contributed by atoms with Crippen molar-refractivity contribution in [2.45, 2.75) is 13.3 Å². The number of hydrogen-bond donors (Lipinski definition) is 0. The molecule has 0 aromatic heterocycles. The van der Waals surface area contributed by atoms with Gasteiger partial charge < -0.3 is 9.80 Å². The van der Waals surface area contributed by atoms with Crippen molar-refractivity contribution >= 4 is 5.91 Å². The highest BCUT2D eigenvalue weighted by molar-refractivity contribution is 5.87. The van der Waals surface area contributed by atoms with Gasteiger partial charge in [0, 0.05) is 25.7 Å². The molecule has 1 heterocycles. The molecular weight excluding hydrogens is 176 g/mol. The highest BCUT2D eigenvalue weighted by atomic mass is 16.2. The average molecular weight is 196 g/mol. The molecule has 1 rings (SSSR count). The Hall–Kier alpha value is -0.830.